The Morgan fingerprint density at radius 2 is 1.33 bits per heavy atom. The second kappa shape index (κ2) is 16.0. The molecule has 0 aliphatic carbocycles. The summed E-state index contributed by atoms with van der Waals surface area (Å²) in [6.07, 6.45) is 14.7. The minimum atomic E-state index is -0.707. The molecule has 4 nitrogen and oxygen atoms in total. The molecule has 160 valence electrons. The number of hydrogen-bond donors (Lipinski definition) is 2. The second-order valence-electron chi connectivity index (χ2n) is 8.14. The lowest BCUT2D eigenvalue weighted by Gasteiger charge is -2.37. The highest BCUT2D eigenvalue weighted by molar-refractivity contribution is 5.69. The minimum Gasteiger partial charge on any atom is -0.507 e. The Balaban J connectivity index is 5.39. The van der Waals surface area contributed by atoms with E-state index in [1.807, 2.05) is 13.1 Å². The molecular formula is C23H46NO3+. The summed E-state index contributed by atoms with van der Waals surface area (Å²) in [6.45, 7) is 11.0. The van der Waals surface area contributed by atoms with E-state index in [1.54, 1.807) is 0 Å². The van der Waals surface area contributed by atoms with Crippen molar-refractivity contribution in [3.05, 3.63) is 12.0 Å². The van der Waals surface area contributed by atoms with E-state index in [-0.39, 0.29) is 5.92 Å². The molecule has 0 fully saturated rings. The van der Waals surface area contributed by atoms with Crippen molar-refractivity contribution in [1.29, 1.82) is 0 Å². The third kappa shape index (κ3) is 12.1. The fourth-order valence-corrected chi connectivity index (χ4v) is 3.76. The zero-order chi connectivity index (χ0) is 20.5. The first-order valence-corrected chi connectivity index (χ1v) is 11.4. The van der Waals surface area contributed by atoms with Gasteiger partial charge in [-0.3, -0.25) is 9.28 Å². The SMILES string of the molecule is CCCCCC/C(O)=C/[N+](CCCCC)(CCCCC)CC(CC)C(=O)O. The van der Waals surface area contributed by atoms with Crippen LogP contribution in [0.25, 0.3) is 0 Å². The second-order valence-corrected chi connectivity index (χ2v) is 8.14. The number of aliphatic carboxylic acids is 1. The normalized spacial score (nSPS) is 13.7. The zero-order valence-corrected chi connectivity index (χ0v) is 18.5. The third-order valence-electron chi connectivity index (χ3n) is 5.55. The summed E-state index contributed by atoms with van der Waals surface area (Å²) >= 11 is 0. The Morgan fingerprint density at radius 1 is 0.815 bits per heavy atom. The maximum atomic E-state index is 11.7. The first kappa shape index (κ1) is 26.0. The maximum Gasteiger partial charge on any atom is 0.312 e. The molecule has 27 heavy (non-hydrogen) atoms. The Hall–Kier alpha value is -1.03. The number of rotatable bonds is 18. The zero-order valence-electron chi connectivity index (χ0n) is 18.5. The molecule has 0 spiro atoms. The Morgan fingerprint density at radius 3 is 1.78 bits per heavy atom. The molecule has 0 saturated carbocycles. The van der Waals surface area contributed by atoms with Gasteiger partial charge >= 0.3 is 5.97 Å². The van der Waals surface area contributed by atoms with E-state index in [4.69, 9.17) is 0 Å². The number of allylic oxidation sites excluding steroid dienone is 1. The number of hydrogen-bond acceptors (Lipinski definition) is 2. The number of carboxylic acid groups (broad SMARTS) is 1. The van der Waals surface area contributed by atoms with E-state index in [0.717, 1.165) is 64.5 Å². The van der Waals surface area contributed by atoms with Crippen molar-refractivity contribution >= 4 is 5.97 Å². The smallest absolute Gasteiger partial charge is 0.312 e. The van der Waals surface area contributed by atoms with Gasteiger partial charge < -0.3 is 10.2 Å². The quantitative estimate of drug-likeness (QED) is 0.158. The van der Waals surface area contributed by atoms with Crippen LogP contribution in [0, 0.1) is 5.92 Å². The van der Waals surface area contributed by atoms with Crippen molar-refractivity contribution in [2.75, 3.05) is 19.6 Å². The predicted octanol–water partition coefficient (Wildman–Crippen LogP) is 6.66. The van der Waals surface area contributed by atoms with E-state index in [1.165, 1.54) is 12.8 Å². The number of unbranched alkanes of at least 4 members (excludes halogenated alkanes) is 7. The summed E-state index contributed by atoms with van der Waals surface area (Å²) in [7, 11) is 0. The van der Waals surface area contributed by atoms with E-state index < -0.39 is 5.97 Å². The molecular weight excluding hydrogens is 338 g/mol. The monoisotopic (exact) mass is 384 g/mol. The molecule has 0 aromatic rings. The lowest BCUT2D eigenvalue weighted by molar-refractivity contribution is -0.883. The molecule has 1 unspecified atom stereocenters. The fraction of sp³-hybridized carbons (Fsp3) is 0.870. The Bertz CT molecular complexity index is 396. The van der Waals surface area contributed by atoms with Crippen LogP contribution in [0.4, 0.5) is 0 Å². The number of quaternary nitrogens is 1. The predicted molar refractivity (Wildman–Crippen MR) is 115 cm³/mol. The van der Waals surface area contributed by atoms with Gasteiger partial charge in [-0.1, -0.05) is 59.8 Å². The Kier molecular flexibility index (Phi) is 15.4. The van der Waals surface area contributed by atoms with Crippen LogP contribution in [0.1, 0.15) is 105 Å². The van der Waals surface area contributed by atoms with E-state index in [2.05, 4.69) is 20.8 Å². The lowest BCUT2D eigenvalue weighted by atomic mass is 10.0. The largest absolute Gasteiger partial charge is 0.507 e. The standard InChI is InChI=1S/C23H45NO3/c1-5-9-12-13-16-22(25)20-24(17-14-10-6-2,18-15-11-7-3)19-21(8-4)23(26)27/h20-21H,5-19H2,1-4H3,(H-,25,26,27)/p+1/b22-20-. The molecule has 0 heterocycles. The molecule has 0 aliphatic rings. The average Bonchev–Trinajstić information content (AvgIpc) is 2.63. The summed E-state index contributed by atoms with van der Waals surface area (Å²) in [5.74, 6) is -0.599. The van der Waals surface area contributed by atoms with Gasteiger partial charge in [-0.05, 0) is 38.5 Å². The molecule has 0 saturated heterocycles. The summed E-state index contributed by atoms with van der Waals surface area (Å²) in [5.41, 5.74) is 0. The molecule has 4 heteroatoms. The summed E-state index contributed by atoms with van der Waals surface area (Å²) in [4.78, 5) is 11.7. The minimum absolute atomic E-state index is 0.350. The maximum absolute atomic E-state index is 11.7. The first-order chi connectivity index (χ1) is 12.9. The molecule has 0 aromatic heterocycles. The molecule has 0 aromatic carbocycles. The first-order valence-electron chi connectivity index (χ1n) is 11.4. The summed E-state index contributed by atoms with van der Waals surface area (Å²) in [6, 6.07) is 0. The molecule has 1 atom stereocenters. The molecule has 2 N–H and O–H groups in total. The molecule has 0 rings (SSSR count). The van der Waals surface area contributed by atoms with Gasteiger partial charge in [0, 0.05) is 6.42 Å². The summed E-state index contributed by atoms with van der Waals surface area (Å²) in [5, 5.41) is 20.2. The van der Waals surface area contributed by atoms with Crippen molar-refractivity contribution in [1.82, 2.24) is 0 Å². The van der Waals surface area contributed by atoms with E-state index in [0.29, 0.717) is 29.6 Å². The highest BCUT2D eigenvalue weighted by Crippen LogP contribution is 2.22. The highest BCUT2D eigenvalue weighted by Gasteiger charge is 2.32. The molecule has 0 bridgehead atoms. The van der Waals surface area contributed by atoms with E-state index >= 15 is 0 Å². The van der Waals surface area contributed by atoms with E-state index in [9.17, 15) is 15.0 Å². The number of aliphatic hydroxyl groups excluding tert-OH is 1. The molecule has 0 amide bonds. The fourth-order valence-electron chi connectivity index (χ4n) is 3.76. The van der Waals surface area contributed by atoms with Crippen LogP contribution in [-0.2, 0) is 4.79 Å². The third-order valence-corrected chi connectivity index (χ3v) is 5.55. The van der Waals surface area contributed by atoms with Crippen LogP contribution in [0.15, 0.2) is 12.0 Å². The van der Waals surface area contributed by atoms with Crippen LogP contribution in [0.2, 0.25) is 0 Å². The van der Waals surface area contributed by atoms with Crippen LogP contribution >= 0.6 is 0 Å². The molecule has 0 radical (unpaired) electrons. The number of carboxylic acids is 1. The van der Waals surface area contributed by atoms with Crippen LogP contribution in [0.5, 0.6) is 0 Å². The van der Waals surface area contributed by atoms with Gasteiger partial charge in [0.2, 0.25) is 0 Å². The van der Waals surface area contributed by atoms with Gasteiger partial charge in [-0.25, -0.2) is 0 Å². The van der Waals surface area contributed by atoms with Crippen molar-refractivity contribution in [2.45, 2.75) is 105 Å². The van der Waals surface area contributed by atoms with Gasteiger partial charge in [0.15, 0.2) is 0 Å². The van der Waals surface area contributed by atoms with Crippen molar-refractivity contribution < 1.29 is 19.5 Å². The van der Waals surface area contributed by atoms with Gasteiger partial charge in [0.05, 0.1) is 19.6 Å². The Labute approximate surface area is 168 Å². The van der Waals surface area contributed by atoms with Crippen molar-refractivity contribution in [3.8, 4) is 0 Å². The highest BCUT2D eigenvalue weighted by atomic mass is 16.4. The van der Waals surface area contributed by atoms with Crippen molar-refractivity contribution in [2.24, 2.45) is 5.92 Å². The van der Waals surface area contributed by atoms with Crippen LogP contribution in [-0.4, -0.2) is 40.3 Å². The lowest BCUT2D eigenvalue weighted by Crippen LogP contribution is -2.49. The van der Waals surface area contributed by atoms with Gasteiger partial charge in [-0.15, -0.1) is 0 Å². The van der Waals surface area contributed by atoms with Crippen molar-refractivity contribution in [3.63, 3.8) is 0 Å². The number of nitrogens with zero attached hydrogens (tertiary/aromatic N) is 1. The topological polar surface area (TPSA) is 57.5 Å². The summed E-state index contributed by atoms with van der Waals surface area (Å²) < 4.78 is 0.629. The van der Waals surface area contributed by atoms with Gasteiger partial charge in [-0.2, -0.15) is 0 Å². The average molecular weight is 385 g/mol. The van der Waals surface area contributed by atoms with Crippen LogP contribution < -0.4 is 0 Å². The number of aliphatic hydroxyl groups is 1. The van der Waals surface area contributed by atoms with Crippen LogP contribution in [0.3, 0.4) is 0 Å². The van der Waals surface area contributed by atoms with Gasteiger partial charge in [0.25, 0.3) is 0 Å². The number of carbonyl (C=O) groups is 1. The molecule has 0 aliphatic heterocycles. The van der Waals surface area contributed by atoms with Gasteiger partial charge in [0.1, 0.15) is 17.9 Å².